The first kappa shape index (κ1) is 21.3. The number of fused-ring (bicyclic) bond motifs is 1. The molecular formula is C26H22N6O2. The molecule has 0 bridgehead atoms. The second kappa shape index (κ2) is 8.74. The predicted octanol–water partition coefficient (Wildman–Crippen LogP) is 3.80. The fourth-order valence-electron chi connectivity index (χ4n) is 3.91. The van der Waals surface area contributed by atoms with Crippen molar-refractivity contribution in [1.82, 2.24) is 29.4 Å². The normalized spacial score (nSPS) is 11.9. The molecule has 2 aromatic heterocycles. The Bertz CT molecular complexity index is 1510. The van der Waals surface area contributed by atoms with Crippen LogP contribution in [0, 0.1) is 0 Å². The number of hydrogen-bond acceptors (Lipinski definition) is 5. The molecule has 8 heteroatoms. The number of nitrogens with zero attached hydrogens (tertiary/aromatic N) is 6. The molecule has 1 unspecified atom stereocenters. The largest absolute Gasteiger partial charge is 0.334 e. The summed E-state index contributed by atoms with van der Waals surface area (Å²) in [6.45, 7) is 1.96. The van der Waals surface area contributed by atoms with Gasteiger partial charge in [-0.1, -0.05) is 48.5 Å². The summed E-state index contributed by atoms with van der Waals surface area (Å²) in [5, 5.41) is 9.63. The molecule has 0 aliphatic carbocycles. The summed E-state index contributed by atoms with van der Waals surface area (Å²) in [7, 11) is 1.74. The Morgan fingerprint density at radius 2 is 1.56 bits per heavy atom. The van der Waals surface area contributed by atoms with E-state index in [1.165, 1.54) is 11.0 Å². The van der Waals surface area contributed by atoms with Gasteiger partial charge >= 0.3 is 0 Å². The average molecular weight is 451 g/mol. The van der Waals surface area contributed by atoms with Crippen LogP contribution in [0.15, 0.2) is 96.3 Å². The van der Waals surface area contributed by atoms with Crippen molar-refractivity contribution >= 4 is 16.7 Å². The molecule has 1 amide bonds. The van der Waals surface area contributed by atoms with Crippen LogP contribution >= 0.6 is 0 Å². The molecule has 8 nitrogen and oxygen atoms in total. The lowest BCUT2D eigenvalue weighted by Gasteiger charge is -2.26. The van der Waals surface area contributed by atoms with Gasteiger partial charge in [-0.25, -0.2) is 9.67 Å². The zero-order chi connectivity index (χ0) is 23.7. The lowest BCUT2D eigenvalue weighted by Crippen LogP contribution is -2.33. The second-order valence-corrected chi connectivity index (χ2v) is 7.97. The first-order chi connectivity index (χ1) is 16.5. The zero-order valence-corrected chi connectivity index (χ0v) is 18.7. The number of carbonyl (C=O) groups excluding carboxylic acids is 1. The maximum atomic E-state index is 13.6. The molecule has 0 saturated heterocycles. The molecule has 5 rings (SSSR count). The van der Waals surface area contributed by atoms with Gasteiger partial charge in [-0.05, 0) is 42.8 Å². The zero-order valence-electron chi connectivity index (χ0n) is 18.7. The van der Waals surface area contributed by atoms with Crippen LogP contribution in [0.4, 0.5) is 0 Å². The molecule has 1 atom stereocenters. The summed E-state index contributed by atoms with van der Waals surface area (Å²) >= 11 is 0. The minimum Gasteiger partial charge on any atom is -0.334 e. The summed E-state index contributed by atoms with van der Waals surface area (Å²) in [5.74, 6) is -0.270. The Morgan fingerprint density at radius 1 is 0.882 bits per heavy atom. The van der Waals surface area contributed by atoms with Gasteiger partial charge in [-0.15, -0.1) is 0 Å². The number of amides is 1. The fraction of sp³-hybridized carbons (Fsp3) is 0.115. The predicted molar refractivity (Wildman–Crippen MR) is 129 cm³/mol. The number of hydrogen-bond donors (Lipinski definition) is 0. The topological polar surface area (TPSA) is 85.9 Å². The van der Waals surface area contributed by atoms with Gasteiger partial charge in [0.15, 0.2) is 5.69 Å². The standard InChI is InChI=1S/C26H22N6O2/c1-18(19-12-14-20(15-13-19)31-17-27-16-28-31)30(2)26(34)24-22-10-6-7-11-23(22)25(33)32(29-24)21-8-4-3-5-9-21/h3-18H,1-2H3. The number of para-hydroxylation sites is 1. The summed E-state index contributed by atoms with van der Waals surface area (Å²) < 4.78 is 2.97. The number of carbonyl (C=O) groups is 1. The molecule has 168 valence electrons. The van der Waals surface area contributed by atoms with Crippen molar-refractivity contribution in [3.05, 3.63) is 113 Å². The van der Waals surface area contributed by atoms with Crippen LogP contribution in [0.5, 0.6) is 0 Å². The van der Waals surface area contributed by atoms with Gasteiger partial charge in [-0.2, -0.15) is 14.9 Å². The Hall–Kier alpha value is -4.59. The molecule has 3 aromatic carbocycles. The highest BCUT2D eigenvalue weighted by Gasteiger charge is 2.24. The molecule has 0 aliphatic heterocycles. The minimum absolute atomic E-state index is 0.227. The third-order valence-corrected chi connectivity index (χ3v) is 5.97. The molecule has 0 N–H and O–H groups in total. The smallest absolute Gasteiger partial charge is 0.279 e. The molecule has 0 saturated carbocycles. The first-order valence-corrected chi connectivity index (χ1v) is 10.8. The van der Waals surface area contributed by atoms with Gasteiger partial charge < -0.3 is 4.90 Å². The maximum Gasteiger partial charge on any atom is 0.279 e. The maximum absolute atomic E-state index is 13.6. The number of benzene rings is 3. The van der Waals surface area contributed by atoms with Gasteiger partial charge in [0, 0.05) is 12.4 Å². The van der Waals surface area contributed by atoms with Crippen LogP contribution in [0.1, 0.15) is 29.0 Å². The SMILES string of the molecule is CC(c1ccc(-n2cncn2)cc1)N(C)C(=O)c1nn(-c2ccccc2)c(=O)c2ccccc12. The van der Waals surface area contributed by atoms with Crippen LogP contribution in [-0.2, 0) is 0 Å². The monoisotopic (exact) mass is 450 g/mol. The minimum atomic E-state index is -0.270. The van der Waals surface area contributed by atoms with Crippen molar-refractivity contribution in [1.29, 1.82) is 0 Å². The molecule has 5 aromatic rings. The average Bonchev–Trinajstić information content (AvgIpc) is 3.44. The van der Waals surface area contributed by atoms with E-state index in [0.717, 1.165) is 11.3 Å². The van der Waals surface area contributed by atoms with E-state index < -0.39 is 0 Å². The third-order valence-electron chi connectivity index (χ3n) is 5.97. The molecule has 0 fully saturated rings. The molecule has 0 spiro atoms. The van der Waals surface area contributed by atoms with E-state index in [-0.39, 0.29) is 23.2 Å². The van der Waals surface area contributed by atoms with E-state index in [1.807, 2.05) is 49.4 Å². The second-order valence-electron chi connectivity index (χ2n) is 7.97. The molecule has 0 radical (unpaired) electrons. The fourth-order valence-corrected chi connectivity index (χ4v) is 3.91. The summed E-state index contributed by atoms with van der Waals surface area (Å²) in [4.78, 5) is 32.4. The van der Waals surface area contributed by atoms with E-state index in [4.69, 9.17) is 0 Å². The quantitative estimate of drug-likeness (QED) is 0.407. The van der Waals surface area contributed by atoms with Gasteiger partial charge in [0.1, 0.15) is 12.7 Å². The van der Waals surface area contributed by atoms with E-state index in [9.17, 15) is 9.59 Å². The highest BCUT2D eigenvalue weighted by molar-refractivity contribution is 6.04. The first-order valence-electron chi connectivity index (χ1n) is 10.8. The highest BCUT2D eigenvalue weighted by Crippen LogP contribution is 2.24. The summed E-state index contributed by atoms with van der Waals surface area (Å²) in [6.07, 6.45) is 3.11. The van der Waals surface area contributed by atoms with Crippen molar-refractivity contribution < 1.29 is 4.79 Å². The van der Waals surface area contributed by atoms with Crippen LogP contribution in [0.3, 0.4) is 0 Å². The lowest BCUT2D eigenvalue weighted by molar-refractivity contribution is 0.0737. The summed E-state index contributed by atoms with van der Waals surface area (Å²) in [5.41, 5.74) is 2.41. The molecular weight excluding hydrogens is 428 g/mol. The van der Waals surface area contributed by atoms with Crippen molar-refractivity contribution in [2.75, 3.05) is 7.05 Å². The molecule has 34 heavy (non-hydrogen) atoms. The van der Waals surface area contributed by atoms with Crippen molar-refractivity contribution in [3.8, 4) is 11.4 Å². The Balaban J connectivity index is 1.52. The van der Waals surface area contributed by atoms with Crippen molar-refractivity contribution in [3.63, 3.8) is 0 Å². The molecule has 0 aliphatic rings. The van der Waals surface area contributed by atoms with Crippen LogP contribution in [0.25, 0.3) is 22.1 Å². The third kappa shape index (κ3) is 3.75. The summed E-state index contributed by atoms with van der Waals surface area (Å²) in [6, 6.07) is 23.7. The van der Waals surface area contributed by atoms with Gasteiger partial charge in [0.2, 0.25) is 0 Å². The van der Waals surface area contributed by atoms with E-state index in [2.05, 4.69) is 15.2 Å². The number of aromatic nitrogens is 5. The van der Waals surface area contributed by atoms with Crippen LogP contribution in [0.2, 0.25) is 0 Å². The van der Waals surface area contributed by atoms with Crippen molar-refractivity contribution in [2.45, 2.75) is 13.0 Å². The Labute approximate surface area is 195 Å². The van der Waals surface area contributed by atoms with Gasteiger partial charge in [0.25, 0.3) is 11.5 Å². The van der Waals surface area contributed by atoms with E-state index in [0.29, 0.717) is 16.5 Å². The van der Waals surface area contributed by atoms with Crippen LogP contribution < -0.4 is 5.56 Å². The van der Waals surface area contributed by atoms with E-state index in [1.54, 1.807) is 59.4 Å². The number of rotatable bonds is 5. The lowest BCUT2D eigenvalue weighted by atomic mass is 10.1. The molecule has 2 heterocycles. The van der Waals surface area contributed by atoms with Crippen molar-refractivity contribution in [2.24, 2.45) is 0 Å². The van der Waals surface area contributed by atoms with Gasteiger partial charge in [0.05, 0.1) is 22.8 Å². The Kier molecular flexibility index (Phi) is 5.47. The van der Waals surface area contributed by atoms with Gasteiger partial charge in [-0.3, -0.25) is 9.59 Å². The van der Waals surface area contributed by atoms with E-state index >= 15 is 0 Å². The van der Waals surface area contributed by atoms with Crippen LogP contribution in [-0.4, -0.2) is 42.4 Å². The highest BCUT2D eigenvalue weighted by atomic mass is 16.2. The Morgan fingerprint density at radius 3 is 2.24 bits per heavy atom.